The van der Waals surface area contributed by atoms with E-state index in [-0.39, 0.29) is 0 Å². The van der Waals surface area contributed by atoms with Crippen molar-refractivity contribution in [3.05, 3.63) is 0 Å². The highest BCUT2D eigenvalue weighted by molar-refractivity contribution is 4.91. The van der Waals surface area contributed by atoms with Gasteiger partial charge in [-0.2, -0.15) is 0 Å². The lowest BCUT2D eigenvalue weighted by molar-refractivity contribution is 0.0733. The van der Waals surface area contributed by atoms with Crippen LogP contribution in [0, 0.1) is 11.3 Å². The van der Waals surface area contributed by atoms with Gasteiger partial charge in [0.2, 0.25) is 0 Å². The van der Waals surface area contributed by atoms with E-state index in [0.29, 0.717) is 5.41 Å². The molecule has 0 amide bonds. The van der Waals surface area contributed by atoms with Gasteiger partial charge in [-0.3, -0.25) is 0 Å². The maximum absolute atomic E-state index is 5.77. The van der Waals surface area contributed by atoms with Gasteiger partial charge >= 0.3 is 0 Å². The van der Waals surface area contributed by atoms with E-state index in [9.17, 15) is 0 Å². The summed E-state index contributed by atoms with van der Waals surface area (Å²) in [6.07, 6.45) is 8.68. The molecule has 0 saturated heterocycles. The number of rotatable bonds is 1. The summed E-state index contributed by atoms with van der Waals surface area (Å²) in [4.78, 5) is 0. The first-order chi connectivity index (χ1) is 4.85. The van der Waals surface area contributed by atoms with Crippen LogP contribution in [0.25, 0.3) is 0 Å². The van der Waals surface area contributed by atoms with Crippen LogP contribution < -0.4 is 5.73 Å². The van der Waals surface area contributed by atoms with Gasteiger partial charge in [-0.1, -0.05) is 0 Å². The summed E-state index contributed by atoms with van der Waals surface area (Å²) < 4.78 is 0. The monoisotopic (exact) mass is 139 g/mol. The fourth-order valence-electron chi connectivity index (χ4n) is 2.65. The molecule has 0 atom stereocenters. The van der Waals surface area contributed by atoms with Gasteiger partial charge in [0.25, 0.3) is 0 Å². The third-order valence-corrected chi connectivity index (χ3v) is 3.68. The first-order valence-electron chi connectivity index (χ1n) is 4.55. The Bertz CT molecular complexity index is 109. The minimum Gasteiger partial charge on any atom is -0.330 e. The van der Waals surface area contributed by atoms with Gasteiger partial charge in [-0.15, -0.1) is 0 Å². The molecule has 58 valence electrons. The van der Waals surface area contributed by atoms with Crippen LogP contribution in [0.5, 0.6) is 0 Å². The smallest absolute Gasteiger partial charge is 0.00205 e. The van der Waals surface area contributed by atoms with E-state index in [1.165, 1.54) is 38.5 Å². The lowest BCUT2D eigenvalue weighted by Crippen LogP contribution is -2.39. The van der Waals surface area contributed by atoms with Gasteiger partial charge in [0.15, 0.2) is 0 Å². The van der Waals surface area contributed by atoms with Crippen LogP contribution in [0.1, 0.15) is 38.5 Å². The summed E-state index contributed by atoms with van der Waals surface area (Å²) in [5.41, 5.74) is 6.38. The van der Waals surface area contributed by atoms with E-state index in [4.69, 9.17) is 5.73 Å². The Kier molecular flexibility index (Phi) is 1.48. The minimum atomic E-state index is 0.606. The van der Waals surface area contributed by atoms with Gasteiger partial charge in [-0.05, 0) is 56.4 Å². The Labute approximate surface area is 63.0 Å². The molecule has 0 aliphatic heterocycles. The third-order valence-electron chi connectivity index (χ3n) is 3.68. The van der Waals surface area contributed by atoms with Crippen molar-refractivity contribution < 1.29 is 0 Å². The highest BCUT2D eigenvalue weighted by Crippen LogP contribution is 2.49. The van der Waals surface area contributed by atoms with Gasteiger partial charge in [-0.25, -0.2) is 0 Å². The molecule has 0 aromatic rings. The molecule has 3 aliphatic carbocycles. The maximum atomic E-state index is 5.77. The first-order valence-corrected chi connectivity index (χ1v) is 4.55. The summed E-state index contributed by atoms with van der Waals surface area (Å²) in [6, 6.07) is 0. The second kappa shape index (κ2) is 2.23. The fourth-order valence-corrected chi connectivity index (χ4v) is 2.65. The molecular weight excluding hydrogens is 122 g/mol. The van der Waals surface area contributed by atoms with Crippen molar-refractivity contribution in [3.63, 3.8) is 0 Å². The number of hydrogen-bond acceptors (Lipinski definition) is 1. The quantitative estimate of drug-likeness (QED) is 0.590. The van der Waals surface area contributed by atoms with Crippen LogP contribution in [-0.2, 0) is 0 Å². The molecular formula is C9H17N. The minimum absolute atomic E-state index is 0.606. The van der Waals surface area contributed by atoms with Gasteiger partial charge in [0, 0.05) is 0 Å². The van der Waals surface area contributed by atoms with Gasteiger partial charge in [0.05, 0.1) is 0 Å². The van der Waals surface area contributed by atoms with E-state index < -0.39 is 0 Å². The number of fused-ring (bicyclic) bond motifs is 3. The average molecular weight is 139 g/mol. The standard InChI is InChI=1S/C9H17N/c10-7-9-4-1-8(2-5-9)3-6-9/h8H,1-7,10H2. The van der Waals surface area contributed by atoms with Crippen molar-refractivity contribution in [1.29, 1.82) is 0 Å². The molecule has 0 radical (unpaired) electrons. The second-order valence-electron chi connectivity index (χ2n) is 4.19. The molecule has 0 aromatic heterocycles. The molecule has 3 fully saturated rings. The Morgan fingerprint density at radius 1 is 1.10 bits per heavy atom. The normalized spacial score (nSPS) is 45.9. The van der Waals surface area contributed by atoms with Crippen molar-refractivity contribution >= 4 is 0 Å². The molecule has 10 heavy (non-hydrogen) atoms. The Hall–Kier alpha value is -0.0400. The zero-order valence-corrected chi connectivity index (χ0v) is 6.60. The van der Waals surface area contributed by atoms with E-state index in [1.54, 1.807) is 0 Å². The molecule has 1 nitrogen and oxygen atoms in total. The molecule has 0 spiro atoms. The lowest BCUT2D eigenvalue weighted by atomic mass is 9.61. The summed E-state index contributed by atoms with van der Waals surface area (Å²) in [5.74, 6) is 1.08. The van der Waals surface area contributed by atoms with Crippen LogP contribution in [-0.4, -0.2) is 6.54 Å². The summed E-state index contributed by atoms with van der Waals surface area (Å²) in [6.45, 7) is 0.944. The lowest BCUT2D eigenvalue weighted by Gasteiger charge is -2.45. The van der Waals surface area contributed by atoms with Crippen LogP contribution >= 0.6 is 0 Å². The van der Waals surface area contributed by atoms with Crippen molar-refractivity contribution in [2.24, 2.45) is 17.1 Å². The average Bonchev–Trinajstić information content (AvgIpc) is 2.08. The predicted octanol–water partition coefficient (Wildman–Crippen LogP) is 1.92. The fraction of sp³-hybridized carbons (Fsp3) is 1.00. The zero-order chi connectivity index (χ0) is 7.03. The van der Waals surface area contributed by atoms with E-state index in [1.807, 2.05) is 0 Å². The van der Waals surface area contributed by atoms with E-state index >= 15 is 0 Å². The molecule has 3 saturated carbocycles. The topological polar surface area (TPSA) is 26.0 Å². The molecule has 2 bridgehead atoms. The number of hydrogen-bond donors (Lipinski definition) is 1. The zero-order valence-electron chi connectivity index (χ0n) is 6.60. The van der Waals surface area contributed by atoms with Crippen molar-refractivity contribution in [2.45, 2.75) is 38.5 Å². The van der Waals surface area contributed by atoms with E-state index in [2.05, 4.69) is 0 Å². The van der Waals surface area contributed by atoms with Crippen LogP contribution in [0.3, 0.4) is 0 Å². The van der Waals surface area contributed by atoms with E-state index in [0.717, 1.165) is 12.5 Å². The summed E-state index contributed by atoms with van der Waals surface area (Å²) >= 11 is 0. The Morgan fingerprint density at radius 2 is 1.60 bits per heavy atom. The SMILES string of the molecule is NCC12CCC(CC1)CC2. The summed E-state index contributed by atoms with van der Waals surface area (Å²) in [5, 5.41) is 0. The molecule has 2 N–H and O–H groups in total. The molecule has 3 aliphatic rings. The molecule has 0 unspecified atom stereocenters. The summed E-state index contributed by atoms with van der Waals surface area (Å²) in [7, 11) is 0. The molecule has 3 rings (SSSR count). The van der Waals surface area contributed by atoms with Crippen LogP contribution in [0.4, 0.5) is 0 Å². The highest BCUT2D eigenvalue weighted by atomic mass is 14.6. The number of nitrogens with two attached hydrogens (primary N) is 1. The predicted molar refractivity (Wildman–Crippen MR) is 42.7 cm³/mol. The van der Waals surface area contributed by atoms with Crippen molar-refractivity contribution in [1.82, 2.24) is 0 Å². The van der Waals surface area contributed by atoms with Gasteiger partial charge < -0.3 is 5.73 Å². The van der Waals surface area contributed by atoms with Crippen LogP contribution in [0.2, 0.25) is 0 Å². The largest absolute Gasteiger partial charge is 0.330 e. The third kappa shape index (κ3) is 0.878. The van der Waals surface area contributed by atoms with Gasteiger partial charge in [0.1, 0.15) is 0 Å². The second-order valence-corrected chi connectivity index (χ2v) is 4.19. The van der Waals surface area contributed by atoms with Crippen LogP contribution in [0.15, 0.2) is 0 Å². The van der Waals surface area contributed by atoms with Crippen molar-refractivity contribution in [2.75, 3.05) is 6.54 Å². The maximum Gasteiger partial charge on any atom is -0.00205 e. The Balaban J connectivity index is 2.08. The first kappa shape index (κ1) is 6.66. The molecule has 0 aromatic carbocycles. The Morgan fingerprint density at radius 3 is 1.90 bits per heavy atom. The molecule has 0 heterocycles. The van der Waals surface area contributed by atoms with Crippen molar-refractivity contribution in [3.8, 4) is 0 Å². The highest BCUT2D eigenvalue weighted by Gasteiger charge is 2.38. The molecule has 1 heteroatoms.